The molecule has 3 rings (SSSR count). The summed E-state index contributed by atoms with van der Waals surface area (Å²) in [6.45, 7) is 1.92. The molecule has 0 saturated heterocycles. The van der Waals surface area contributed by atoms with Gasteiger partial charge < -0.3 is 5.11 Å². The Morgan fingerprint density at radius 2 is 2.05 bits per heavy atom. The van der Waals surface area contributed by atoms with Crippen LogP contribution in [0.3, 0.4) is 0 Å². The number of carboxylic acid groups (broad SMARTS) is 1. The Morgan fingerprint density at radius 3 is 2.76 bits per heavy atom. The molecule has 1 aliphatic rings. The first-order chi connectivity index (χ1) is 10.1. The van der Waals surface area contributed by atoms with Crippen LogP contribution in [0.25, 0.3) is 5.69 Å². The van der Waals surface area contributed by atoms with Crippen molar-refractivity contribution in [2.45, 2.75) is 32.6 Å². The van der Waals surface area contributed by atoms with Gasteiger partial charge >= 0.3 is 5.97 Å². The number of aromatic carboxylic acids is 1. The van der Waals surface area contributed by atoms with E-state index in [-0.39, 0.29) is 5.56 Å². The van der Waals surface area contributed by atoms with Gasteiger partial charge in [0.15, 0.2) is 0 Å². The number of nitrogens with zero attached hydrogens (tertiary/aromatic N) is 2. The van der Waals surface area contributed by atoms with Gasteiger partial charge in [-0.2, -0.15) is 9.78 Å². The van der Waals surface area contributed by atoms with E-state index in [0.717, 1.165) is 30.5 Å². The van der Waals surface area contributed by atoms with E-state index in [4.69, 9.17) is 0 Å². The number of rotatable bonds is 2. The van der Waals surface area contributed by atoms with Crippen LogP contribution in [-0.2, 0) is 12.8 Å². The van der Waals surface area contributed by atoms with Gasteiger partial charge in [-0.3, -0.25) is 4.79 Å². The standard InChI is InChI=1S/C16H16N2O3/c1-10-5-4-6-11(9-10)18-15(19)14(16(20)21)12-7-2-3-8-13(12)17-18/h4-6,9H,2-3,7-8H2,1H3,(H,20,21). The monoisotopic (exact) mass is 284 g/mol. The molecule has 0 atom stereocenters. The van der Waals surface area contributed by atoms with Gasteiger partial charge in [0.05, 0.1) is 11.4 Å². The molecule has 2 aromatic rings. The fourth-order valence-electron chi connectivity index (χ4n) is 2.83. The average Bonchev–Trinajstić information content (AvgIpc) is 2.46. The third-order valence-electron chi connectivity index (χ3n) is 3.83. The van der Waals surface area contributed by atoms with E-state index < -0.39 is 11.5 Å². The molecule has 5 nitrogen and oxygen atoms in total. The van der Waals surface area contributed by atoms with Crippen LogP contribution >= 0.6 is 0 Å². The molecule has 1 heterocycles. The molecule has 0 radical (unpaired) electrons. The zero-order valence-corrected chi connectivity index (χ0v) is 11.8. The maximum absolute atomic E-state index is 12.5. The number of carboxylic acids is 1. The van der Waals surface area contributed by atoms with E-state index in [1.165, 1.54) is 4.68 Å². The number of aryl methyl sites for hydroxylation is 2. The number of aromatic nitrogens is 2. The molecule has 108 valence electrons. The van der Waals surface area contributed by atoms with Crippen LogP contribution in [0.5, 0.6) is 0 Å². The highest BCUT2D eigenvalue weighted by Crippen LogP contribution is 2.21. The Labute approximate surface area is 121 Å². The second-order valence-corrected chi connectivity index (χ2v) is 5.37. The molecule has 1 aliphatic carbocycles. The minimum absolute atomic E-state index is 0.124. The molecule has 0 aliphatic heterocycles. The summed E-state index contributed by atoms with van der Waals surface area (Å²) in [4.78, 5) is 24.0. The zero-order valence-electron chi connectivity index (χ0n) is 11.8. The second kappa shape index (κ2) is 5.16. The SMILES string of the molecule is Cc1cccc(-n2nc3c(c(C(=O)O)c2=O)CCCC3)c1. The van der Waals surface area contributed by atoms with E-state index in [9.17, 15) is 14.7 Å². The summed E-state index contributed by atoms with van der Waals surface area (Å²) < 4.78 is 1.22. The highest BCUT2D eigenvalue weighted by atomic mass is 16.4. The van der Waals surface area contributed by atoms with Crippen molar-refractivity contribution in [3.05, 3.63) is 57.0 Å². The molecule has 1 aromatic heterocycles. The third kappa shape index (κ3) is 2.35. The molecule has 0 fully saturated rings. The molecule has 0 unspecified atom stereocenters. The lowest BCUT2D eigenvalue weighted by atomic mass is 9.93. The largest absolute Gasteiger partial charge is 0.477 e. The fourth-order valence-corrected chi connectivity index (χ4v) is 2.83. The summed E-state index contributed by atoms with van der Waals surface area (Å²) in [7, 11) is 0. The molecule has 1 N–H and O–H groups in total. The number of carbonyl (C=O) groups is 1. The molecule has 5 heteroatoms. The van der Waals surface area contributed by atoms with E-state index >= 15 is 0 Å². The number of hydrogen-bond donors (Lipinski definition) is 1. The predicted octanol–water partition coefficient (Wildman–Crippen LogP) is 2.12. The van der Waals surface area contributed by atoms with Crippen LogP contribution in [0.15, 0.2) is 29.1 Å². The Morgan fingerprint density at radius 1 is 1.29 bits per heavy atom. The normalized spacial score (nSPS) is 13.8. The molecule has 0 amide bonds. The quantitative estimate of drug-likeness (QED) is 0.916. The van der Waals surface area contributed by atoms with Crippen molar-refractivity contribution in [3.63, 3.8) is 0 Å². The van der Waals surface area contributed by atoms with Crippen LogP contribution in [0, 0.1) is 6.92 Å². The number of benzene rings is 1. The molecular formula is C16H16N2O3. The van der Waals surface area contributed by atoms with E-state index in [2.05, 4.69) is 5.10 Å². The van der Waals surface area contributed by atoms with Gasteiger partial charge in [-0.25, -0.2) is 4.79 Å². The molecule has 21 heavy (non-hydrogen) atoms. The lowest BCUT2D eigenvalue weighted by molar-refractivity contribution is 0.0692. The molecule has 1 aromatic carbocycles. The number of fused-ring (bicyclic) bond motifs is 1. The van der Waals surface area contributed by atoms with Gasteiger partial charge in [-0.15, -0.1) is 0 Å². The average molecular weight is 284 g/mol. The first-order valence-electron chi connectivity index (χ1n) is 7.03. The van der Waals surface area contributed by atoms with Gasteiger partial charge in [0.2, 0.25) is 0 Å². The Balaban J connectivity index is 2.29. The highest BCUT2D eigenvalue weighted by Gasteiger charge is 2.24. The van der Waals surface area contributed by atoms with E-state index in [1.807, 2.05) is 25.1 Å². The summed E-state index contributed by atoms with van der Waals surface area (Å²) >= 11 is 0. The molecule has 0 saturated carbocycles. The zero-order chi connectivity index (χ0) is 15.0. The lowest BCUT2D eigenvalue weighted by Gasteiger charge is -2.18. The van der Waals surface area contributed by atoms with Gasteiger partial charge in [0.1, 0.15) is 5.56 Å². The minimum Gasteiger partial charge on any atom is -0.477 e. The Hall–Kier alpha value is -2.43. The summed E-state index contributed by atoms with van der Waals surface area (Å²) in [6, 6.07) is 7.35. The van der Waals surface area contributed by atoms with Crippen LogP contribution in [0.4, 0.5) is 0 Å². The lowest BCUT2D eigenvalue weighted by Crippen LogP contribution is -2.32. The van der Waals surface area contributed by atoms with Gasteiger partial charge in [-0.1, -0.05) is 12.1 Å². The van der Waals surface area contributed by atoms with Gasteiger partial charge in [-0.05, 0) is 55.9 Å². The van der Waals surface area contributed by atoms with Crippen molar-refractivity contribution >= 4 is 5.97 Å². The van der Waals surface area contributed by atoms with Crippen molar-refractivity contribution in [1.82, 2.24) is 9.78 Å². The summed E-state index contributed by atoms with van der Waals surface area (Å²) in [5.41, 5.74) is 2.28. The predicted molar refractivity (Wildman–Crippen MR) is 78.2 cm³/mol. The Kier molecular flexibility index (Phi) is 3.33. The first-order valence-corrected chi connectivity index (χ1v) is 7.03. The maximum Gasteiger partial charge on any atom is 0.341 e. The topological polar surface area (TPSA) is 72.2 Å². The fraction of sp³-hybridized carbons (Fsp3) is 0.312. The smallest absolute Gasteiger partial charge is 0.341 e. The van der Waals surface area contributed by atoms with Crippen LogP contribution in [0.2, 0.25) is 0 Å². The van der Waals surface area contributed by atoms with Gasteiger partial charge in [0.25, 0.3) is 5.56 Å². The first kappa shape index (κ1) is 13.5. The second-order valence-electron chi connectivity index (χ2n) is 5.37. The summed E-state index contributed by atoms with van der Waals surface area (Å²) in [5, 5.41) is 13.8. The highest BCUT2D eigenvalue weighted by molar-refractivity contribution is 5.89. The van der Waals surface area contributed by atoms with Crippen molar-refractivity contribution < 1.29 is 9.90 Å². The van der Waals surface area contributed by atoms with Crippen LogP contribution < -0.4 is 5.56 Å². The molecule has 0 spiro atoms. The van der Waals surface area contributed by atoms with E-state index in [0.29, 0.717) is 17.7 Å². The van der Waals surface area contributed by atoms with Crippen molar-refractivity contribution in [3.8, 4) is 5.69 Å². The summed E-state index contributed by atoms with van der Waals surface area (Å²) in [6.07, 6.45) is 3.23. The molecule has 0 bridgehead atoms. The van der Waals surface area contributed by atoms with Crippen LogP contribution in [0.1, 0.15) is 40.0 Å². The Bertz CT molecular complexity index is 778. The maximum atomic E-state index is 12.5. The van der Waals surface area contributed by atoms with Crippen LogP contribution in [-0.4, -0.2) is 20.9 Å². The summed E-state index contributed by atoms with van der Waals surface area (Å²) in [5.74, 6) is -1.16. The van der Waals surface area contributed by atoms with E-state index in [1.54, 1.807) is 6.07 Å². The third-order valence-corrected chi connectivity index (χ3v) is 3.83. The van der Waals surface area contributed by atoms with Crippen molar-refractivity contribution in [2.75, 3.05) is 0 Å². The van der Waals surface area contributed by atoms with Crippen molar-refractivity contribution in [2.24, 2.45) is 0 Å². The van der Waals surface area contributed by atoms with Gasteiger partial charge in [0, 0.05) is 0 Å². The molecular weight excluding hydrogens is 268 g/mol. The van der Waals surface area contributed by atoms with Crippen molar-refractivity contribution in [1.29, 1.82) is 0 Å². The number of hydrogen-bond acceptors (Lipinski definition) is 3. The minimum atomic E-state index is -1.16.